The van der Waals surface area contributed by atoms with Gasteiger partial charge in [-0.1, -0.05) is 20.3 Å². The molecule has 0 aliphatic carbocycles. The minimum absolute atomic E-state index is 0.281. The molecule has 12 heavy (non-hydrogen) atoms. The summed E-state index contributed by atoms with van der Waals surface area (Å²) in [4.78, 5) is 0. The van der Waals surface area contributed by atoms with E-state index in [9.17, 15) is 9.67 Å². The van der Waals surface area contributed by atoms with Crippen molar-refractivity contribution in [2.24, 2.45) is 0 Å². The van der Waals surface area contributed by atoms with Crippen LogP contribution in [0.4, 0.5) is 0 Å². The minimum Gasteiger partial charge on any atom is -0.389 e. The zero-order valence-electron chi connectivity index (χ0n) is 7.82. The molecule has 4 heteroatoms. The van der Waals surface area contributed by atoms with Crippen molar-refractivity contribution in [1.82, 2.24) is 0 Å². The van der Waals surface area contributed by atoms with Crippen LogP contribution in [0.25, 0.3) is 0 Å². The Hall–Kier alpha value is 0.0200. The zero-order chi connectivity index (χ0) is 9.40. The molecule has 0 radical (unpaired) electrons. The molecule has 0 aromatic carbocycles. The third kappa shape index (κ3) is 6.71. The van der Waals surface area contributed by atoms with Crippen LogP contribution in [0.1, 0.15) is 33.1 Å². The molecule has 0 fully saturated rings. The molecule has 0 saturated carbocycles. The van der Waals surface area contributed by atoms with Gasteiger partial charge in [-0.15, -0.1) is 4.52 Å². The van der Waals surface area contributed by atoms with E-state index in [2.05, 4.69) is 0 Å². The lowest BCUT2D eigenvalue weighted by Crippen LogP contribution is -2.09. The Labute approximate surface area is 75.0 Å². The van der Waals surface area contributed by atoms with E-state index in [-0.39, 0.29) is 6.16 Å². The average Bonchev–Trinajstić information content (AvgIpc) is 2.01. The summed E-state index contributed by atoms with van der Waals surface area (Å²) in [6, 6.07) is 0. The van der Waals surface area contributed by atoms with E-state index in [1.54, 1.807) is 0 Å². The van der Waals surface area contributed by atoms with E-state index in [0.717, 1.165) is 12.8 Å². The molecule has 1 N–H and O–H groups in total. The lowest BCUT2D eigenvalue weighted by Gasteiger charge is -1.99. The molecule has 0 aromatic rings. The molecule has 3 nitrogen and oxygen atoms in total. The lowest BCUT2D eigenvalue weighted by molar-refractivity contribution is 0.181. The SMILES string of the molecule is CCCO[P+](=O)CC(O)CCC. The third-order valence-corrected chi connectivity index (χ3v) is 2.61. The Morgan fingerprint density at radius 2 is 2.08 bits per heavy atom. The van der Waals surface area contributed by atoms with Crippen LogP contribution in [0.2, 0.25) is 0 Å². The second kappa shape index (κ2) is 7.66. The van der Waals surface area contributed by atoms with Gasteiger partial charge in [0.2, 0.25) is 6.16 Å². The Bertz CT molecular complexity index is 127. The highest BCUT2D eigenvalue weighted by molar-refractivity contribution is 7.39. The summed E-state index contributed by atoms with van der Waals surface area (Å²) in [7, 11) is -1.64. The number of hydrogen-bond acceptors (Lipinski definition) is 3. The maximum Gasteiger partial charge on any atom is 0.510 e. The van der Waals surface area contributed by atoms with Crippen LogP contribution in [-0.2, 0) is 9.09 Å². The zero-order valence-corrected chi connectivity index (χ0v) is 8.72. The van der Waals surface area contributed by atoms with Gasteiger partial charge in [-0.3, -0.25) is 0 Å². The molecule has 0 aliphatic rings. The molecule has 0 aromatic heterocycles. The number of aliphatic hydroxyl groups excluding tert-OH is 1. The van der Waals surface area contributed by atoms with Crippen molar-refractivity contribution in [1.29, 1.82) is 0 Å². The summed E-state index contributed by atoms with van der Waals surface area (Å²) in [6.07, 6.45) is 2.30. The number of aliphatic hydroxyl groups is 1. The fourth-order valence-electron chi connectivity index (χ4n) is 0.842. The van der Waals surface area contributed by atoms with Crippen molar-refractivity contribution in [3.63, 3.8) is 0 Å². The smallest absolute Gasteiger partial charge is 0.389 e. The molecule has 0 rings (SSSR count). The van der Waals surface area contributed by atoms with Gasteiger partial charge >= 0.3 is 8.03 Å². The third-order valence-electron chi connectivity index (χ3n) is 1.42. The molecule has 0 saturated heterocycles. The first-order valence-electron chi connectivity index (χ1n) is 4.46. The second-order valence-corrected chi connectivity index (χ2v) is 4.08. The summed E-state index contributed by atoms with van der Waals surface area (Å²) < 4.78 is 16.0. The Balaban J connectivity index is 3.40. The normalized spacial score (nSPS) is 14.4. The van der Waals surface area contributed by atoms with E-state index in [4.69, 9.17) is 4.52 Å². The Morgan fingerprint density at radius 1 is 1.42 bits per heavy atom. The highest BCUT2D eigenvalue weighted by Gasteiger charge is 2.21. The van der Waals surface area contributed by atoms with Crippen LogP contribution < -0.4 is 0 Å². The number of rotatable bonds is 7. The van der Waals surface area contributed by atoms with Crippen molar-refractivity contribution in [2.45, 2.75) is 39.2 Å². The van der Waals surface area contributed by atoms with Crippen molar-refractivity contribution < 1.29 is 14.2 Å². The van der Waals surface area contributed by atoms with Crippen LogP contribution in [-0.4, -0.2) is 24.0 Å². The van der Waals surface area contributed by atoms with Gasteiger partial charge < -0.3 is 5.11 Å². The van der Waals surface area contributed by atoms with Gasteiger partial charge in [0.1, 0.15) is 12.7 Å². The average molecular weight is 193 g/mol. The minimum atomic E-state index is -1.64. The quantitative estimate of drug-likeness (QED) is 0.631. The van der Waals surface area contributed by atoms with E-state index >= 15 is 0 Å². The van der Waals surface area contributed by atoms with Crippen LogP contribution in [0.5, 0.6) is 0 Å². The summed E-state index contributed by atoms with van der Waals surface area (Å²) in [5.74, 6) is 0. The van der Waals surface area contributed by atoms with Gasteiger partial charge in [0.25, 0.3) is 0 Å². The van der Waals surface area contributed by atoms with Gasteiger partial charge in [-0.25, -0.2) is 0 Å². The van der Waals surface area contributed by atoms with Crippen LogP contribution in [0.15, 0.2) is 0 Å². The fraction of sp³-hybridized carbons (Fsp3) is 1.00. The highest BCUT2D eigenvalue weighted by Crippen LogP contribution is 2.24. The predicted octanol–water partition coefficient (Wildman–Crippen LogP) is 2.32. The van der Waals surface area contributed by atoms with E-state index < -0.39 is 14.1 Å². The Kier molecular flexibility index (Phi) is 7.67. The molecule has 72 valence electrons. The standard InChI is InChI=1S/C8H18O3P/c1-3-5-8(9)7-12(10)11-6-4-2/h8-9H,3-7H2,1-2H3/q+1. The fourth-order valence-corrected chi connectivity index (χ4v) is 1.86. The predicted molar refractivity (Wildman–Crippen MR) is 49.6 cm³/mol. The first kappa shape index (κ1) is 12.0. The number of hydrogen-bond donors (Lipinski definition) is 1. The van der Waals surface area contributed by atoms with Gasteiger partial charge in [0, 0.05) is 0 Å². The molecule has 0 aliphatic heterocycles. The highest BCUT2D eigenvalue weighted by atomic mass is 31.1. The first-order valence-corrected chi connectivity index (χ1v) is 5.82. The second-order valence-electron chi connectivity index (χ2n) is 2.79. The molecule has 2 atom stereocenters. The van der Waals surface area contributed by atoms with Gasteiger partial charge in [-0.05, 0) is 17.4 Å². The maximum atomic E-state index is 11.1. The van der Waals surface area contributed by atoms with Gasteiger partial charge in [-0.2, -0.15) is 0 Å². The molecule has 2 unspecified atom stereocenters. The molecule has 0 heterocycles. The molecule has 0 bridgehead atoms. The van der Waals surface area contributed by atoms with E-state index in [0.29, 0.717) is 13.0 Å². The monoisotopic (exact) mass is 193 g/mol. The molecular formula is C8H18O3P+. The lowest BCUT2D eigenvalue weighted by atomic mass is 10.2. The maximum absolute atomic E-state index is 11.1. The summed E-state index contributed by atoms with van der Waals surface area (Å²) in [5.41, 5.74) is 0. The van der Waals surface area contributed by atoms with Crippen molar-refractivity contribution >= 4 is 8.03 Å². The summed E-state index contributed by atoms with van der Waals surface area (Å²) in [5, 5.41) is 9.26. The molecule has 0 amide bonds. The first-order chi connectivity index (χ1) is 5.70. The van der Waals surface area contributed by atoms with Crippen molar-refractivity contribution in [3.8, 4) is 0 Å². The summed E-state index contributed by atoms with van der Waals surface area (Å²) in [6.45, 7) is 4.48. The van der Waals surface area contributed by atoms with Crippen molar-refractivity contribution in [3.05, 3.63) is 0 Å². The Morgan fingerprint density at radius 3 is 2.58 bits per heavy atom. The molecule has 0 spiro atoms. The largest absolute Gasteiger partial charge is 0.510 e. The van der Waals surface area contributed by atoms with E-state index in [1.807, 2.05) is 13.8 Å². The van der Waals surface area contributed by atoms with Crippen molar-refractivity contribution in [2.75, 3.05) is 12.8 Å². The van der Waals surface area contributed by atoms with Crippen LogP contribution in [0, 0.1) is 0 Å². The van der Waals surface area contributed by atoms with Crippen LogP contribution in [0.3, 0.4) is 0 Å². The molecular weight excluding hydrogens is 175 g/mol. The van der Waals surface area contributed by atoms with E-state index in [1.165, 1.54) is 0 Å². The van der Waals surface area contributed by atoms with Gasteiger partial charge in [0.05, 0.1) is 0 Å². The van der Waals surface area contributed by atoms with Crippen LogP contribution >= 0.6 is 8.03 Å². The topological polar surface area (TPSA) is 46.5 Å². The van der Waals surface area contributed by atoms with Gasteiger partial charge in [0.15, 0.2) is 0 Å². The summed E-state index contributed by atoms with van der Waals surface area (Å²) >= 11 is 0.